The minimum Gasteiger partial charge on any atom is -0.357 e. The molecular weight excluding hydrogens is 401 g/mol. The lowest BCUT2D eigenvalue weighted by atomic mass is 9.92. The van der Waals surface area contributed by atoms with Crippen LogP contribution < -0.4 is 5.32 Å². The molecule has 2 heterocycles. The highest BCUT2D eigenvalue weighted by atomic mass is 127. The fourth-order valence-corrected chi connectivity index (χ4v) is 3.46. The number of aryl methyl sites for hydroxylation is 2. The van der Waals surface area contributed by atoms with Crippen LogP contribution in [0.5, 0.6) is 0 Å². The van der Waals surface area contributed by atoms with Crippen molar-refractivity contribution in [3.63, 3.8) is 0 Å². The van der Waals surface area contributed by atoms with Gasteiger partial charge in [0.1, 0.15) is 0 Å². The summed E-state index contributed by atoms with van der Waals surface area (Å²) in [6, 6.07) is 0. The lowest BCUT2D eigenvalue weighted by Crippen LogP contribution is -2.48. The summed E-state index contributed by atoms with van der Waals surface area (Å²) in [6.07, 6.45) is 1.32. The summed E-state index contributed by atoms with van der Waals surface area (Å²) in [5.74, 6) is 2.51. The van der Waals surface area contributed by atoms with E-state index in [0.29, 0.717) is 6.54 Å². The van der Waals surface area contributed by atoms with Crippen LogP contribution in [0, 0.1) is 25.7 Å². The van der Waals surface area contributed by atoms with Crippen molar-refractivity contribution in [1.29, 1.82) is 0 Å². The largest absolute Gasteiger partial charge is 0.357 e. The van der Waals surface area contributed by atoms with Gasteiger partial charge in [0.15, 0.2) is 5.96 Å². The van der Waals surface area contributed by atoms with E-state index in [1.807, 2.05) is 11.7 Å². The smallest absolute Gasteiger partial charge is 0.194 e. The van der Waals surface area contributed by atoms with E-state index in [1.54, 1.807) is 0 Å². The summed E-state index contributed by atoms with van der Waals surface area (Å²) >= 11 is 0. The lowest BCUT2D eigenvalue weighted by Gasteiger charge is -2.37. The number of nitrogens with zero attached hydrogens (tertiary/aromatic N) is 4. The lowest BCUT2D eigenvalue weighted by molar-refractivity contribution is 0.208. The van der Waals surface area contributed by atoms with Crippen molar-refractivity contribution in [3.05, 3.63) is 17.0 Å². The molecule has 1 aromatic rings. The number of aliphatic imine (C=N–C) groups is 1. The standard InChI is InChI=1S/C17H31N5.HI/c1-7-18-17(22-10-12(2)8-13(3)11-22)19-9-16-14(4)20-21(6)15(16)5;/h12-13H,7-11H2,1-6H3,(H,18,19);1H. The molecule has 5 nitrogen and oxygen atoms in total. The maximum Gasteiger partial charge on any atom is 0.194 e. The van der Waals surface area contributed by atoms with E-state index in [0.717, 1.165) is 43.1 Å². The molecule has 6 heteroatoms. The number of rotatable bonds is 3. The molecule has 0 aliphatic carbocycles. The van der Waals surface area contributed by atoms with E-state index in [2.05, 4.69) is 49.9 Å². The molecule has 2 unspecified atom stereocenters. The Kier molecular flexibility index (Phi) is 7.83. The van der Waals surface area contributed by atoms with Crippen LogP contribution in [0.15, 0.2) is 4.99 Å². The predicted octanol–water partition coefficient (Wildman–Crippen LogP) is 3.10. The van der Waals surface area contributed by atoms with Gasteiger partial charge in [0.25, 0.3) is 0 Å². The number of hydrogen-bond acceptors (Lipinski definition) is 2. The van der Waals surface area contributed by atoms with Gasteiger partial charge >= 0.3 is 0 Å². The van der Waals surface area contributed by atoms with Gasteiger partial charge in [0.05, 0.1) is 12.2 Å². The Bertz CT molecular complexity index is 527. The zero-order valence-electron chi connectivity index (χ0n) is 15.4. The highest BCUT2D eigenvalue weighted by molar-refractivity contribution is 14.0. The molecule has 23 heavy (non-hydrogen) atoms. The highest BCUT2D eigenvalue weighted by Crippen LogP contribution is 2.21. The van der Waals surface area contributed by atoms with Gasteiger partial charge in [-0.1, -0.05) is 13.8 Å². The quantitative estimate of drug-likeness (QED) is 0.453. The number of hydrogen-bond donors (Lipinski definition) is 1. The molecule has 1 aliphatic heterocycles. The molecule has 0 amide bonds. The molecule has 1 N–H and O–H groups in total. The van der Waals surface area contributed by atoms with Crippen LogP contribution in [0.2, 0.25) is 0 Å². The van der Waals surface area contributed by atoms with Crippen LogP contribution in [-0.2, 0) is 13.6 Å². The zero-order valence-corrected chi connectivity index (χ0v) is 17.7. The molecule has 2 atom stereocenters. The van der Waals surface area contributed by atoms with E-state index in [4.69, 9.17) is 4.99 Å². The molecule has 2 rings (SSSR count). The van der Waals surface area contributed by atoms with Crippen LogP contribution in [-0.4, -0.2) is 40.3 Å². The SMILES string of the molecule is CCNC(=NCc1c(C)nn(C)c1C)N1CC(C)CC(C)C1.I. The minimum atomic E-state index is 0. The summed E-state index contributed by atoms with van der Waals surface area (Å²) in [7, 11) is 1.99. The zero-order chi connectivity index (χ0) is 16.3. The Morgan fingerprint density at radius 1 is 1.26 bits per heavy atom. The fourth-order valence-electron chi connectivity index (χ4n) is 3.46. The number of piperidine rings is 1. The average Bonchev–Trinajstić information content (AvgIpc) is 2.67. The summed E-state index contributed by atoms with van der Waals surface area (Å²) < 4.78 is 1.94. The van der Waals surface area contributed by atoms with Gasteiger partial charge in [-0.2, -0.15) is 5.10 Å². The van der Waals surface area contributed by atoms with Gasteiger partial charge in [-0.05, 0) is 39.0 Å². The van der Waals surface area contributed by atoms with Crippen molar-refractivity contribution < 1.29 is 0 Å². The van der Waals surface area contributed by atoms with Crippen molar-refractivity contribution in [2.45, 2.75) is 47.6 Å². The monoisotopic (exact) mass is 433 g/mol. The molecule has 1 aromatic heterocycles. The Morgan fingerprint density at radius 2 is 1.87 bits per heavy atom. The first-order chi connectivity index (χ1) is 10.4. The second kappa shape index (κ2) is 8.89. The van der Waals surface area contributed by atoms with E-state index < -0.39 is 0 Å². The van der Waals surface area contributed by atoms with Crippen molar-refractivity contribution in [2.75, 3.05) is 19.6 Å². The Labute approximate surface area is 157 Å². The second-order valence-corrected chi connectivity index (χ2v) is 6.79. The number of nitrogens with one attached hydrogen (secondary N) is 1. The van der Waals surface area contributed by atoms with Crippen LogP contribution in [0.3, 0.4) is 0 Å². The minimum absolute atomic E-state index is 0. The van der Waals surface area contributed by atoms with Gasteiger partial charge in [-0.15, -0.1) is 24.0 Å². The highest BCUT2D eigenvalue weighted by Gasteiger charge is 2.24. The van der Waals surface area contributed by atoms with Gasteiger partial charge < -0.3 is 10.2 Å². The first-order valence-electron chi connectivity index (χ1n) is 8.44. The fraction of sp³-hybridized carbons (Fsp3) is 0.765. The third-order valence-corrected chi connectivity index (χ3v) is 4.55. The Balaban J connectivity index is 0.00000264. The molecule has 0 spiro atoms. The summed E-state index contributed by atoms with van der Waals surface area (Å²) in [4.78, 5) is 7.31. The first kappa shape index (κ1) is 20.3. The molecule has 1 fully saturated rings. The summed E-state index contributed by atoms with van der Waals surface area (Å²) in [5, 5.41) is 7.94. The van der Waals surface area contributed by atoms with Gasteiger partial charge in [0, 0.05) is 37.9 Å². The molecule has 0 aromatic carbocycles. The molecule has 1 saturated heterocycles. The van der Waals surface area contributed by atoms with Crippen molar-refractivity contribution in [3.8, 4) is 0 Å². The van der Waals surface area contributed by atoms with Gasteiger partial charge in [0.2, 0.25) is 0 Å². The van der Waals surface area contributed by atoms with E-state index in [-0.39, 0.29) is 24.0 Å². The van der Waals surface area contributed by atoms with Crippen molar-refractivity contribution >= 4 is 29.9 Å². The molecule has 0 saturated carbocycles. The Morgan fingerprint density at radius 3 is 2.35 bits per heavy atom. The third-order valence-electron chi connectivity index (χ3n) is 4.55. The number of halogens is 1. The summed E-state index contributed by atoms with van der Waals surface area (Å²) in [5.41, 5.74) is 3.54. The van der Waals surface area contributed by atoms with Crippen LogP contribution in [0.1, 0.15) is 44.1 Å². The number of aromatic nitrogens is 2. The molecule has 1 aliphatic rings. The topological polar surface area (TPSA) is 45.5 Å². The molecule has 0 radical (unpaired) electrons. The number of likely N-dealkylation sites (tertiary alicyclic amines) is 1. The van der Waals surface area contributed by atoms with Crippen molar-refractivity contribution in [2.24, 2.45) is 23.9 Å². The molecular formula is C17H32IN5. The van der Waals surface area contributed by atoms with E-state index in [1.165, 1.54) is 17.7 Å². The Hall–Kier alpha value is -0.790. The predicted molar refractivity (Wildman–Crippen MR) is 107 cm³/mol. The van der Waals surface area contributed by atoms with E-state index >= 15 is 0 Å². The number of guanidine groups is 1. The third kappa shape index (κ3) is 5.09. The molecule has 132 valence electrons. The maximum absolute atomic E-state index is 4.89. The molecule has 0 bridgehead atoms. The first-order valence-corrected chi connectivity index (χ1v) is 8.44. The van der Waals surface area contributed by atoms with Gasteiger partial charge in [-0.25, -0.2) is 4.99 Å². The van der Waals surface area contributed by atoms with Crippen LogP contribution >= 0.6 is 24.0 Å². The maximum atomic E-state index is 4.89. The van der Waals surface area contributed by atoms with Crippen molar-refractivity contribution in [1.82, 2.24) is 20.0 Å². The summed E-state index contributed by atoms with van der Waals surface area (Å²) in [6.45, 7) is 14.8. The van der Waals surface area contributed by atoms with Crippen LogP contribution in [0.25, 0.3) is 0 Å². The van der Waals surface area contributed by atoms with Gasteiger partial charge in [-0.3, -0.25) is 4.68 Å². The second-order valence-electron chi connectivity index (χ2n) is 6.79. The average molecular weight is 433 g/mol. The van der Waals surface area contributed by atoms with Crippen LogP contribution in [0.4, 0.5) is 0 Å². The van der Waals surface area contributed by atoms with E-state index in [9.17, 15) is 0 Å². The normalized spacial score (nSPS) is 22.0.